The second-order valence-corrected chi connectivity index (χ2v) is 10.3. The Bertz CT molecular complexity index is 1290. The summed E-state index contributed by atoms with van der Waals surface area (Å²) in [5.41, 5.74) is 0.823. The minimum Gasteiger partial charge on any atom is -0.507 e. The molecule has 5 rings (SSSR count). The highest BCUT2D eigenvalue weighted by Crippen LogP contribution is 2.59. The van der Waals surface area contributed by atoms with Crippen molar-refractivity contribution in [3.05, 3.63) is 30.2 Å². The quantitative estimate of drug-likeness (QED) is 0.624. The highest BCUT2D eigenvalue weighted by atomic mass is 19.1. The molecule has 2 aromatic heterocycles. The fraction of sp³-hybridized carbons (Fsp3) is 0.500. The van der Waals surface area contributed by atoms with Crippen molar-refractivity contribution < 1.29 is 9.50 Å². The van der Waals surface area contributed by atoms with E-state index in [1.807, 2.05) is 18.0 Å². The van der Waals surface area contributed by atoms with E-state index in [-0.39, 0.29) is 34.3 Å². The lowest BCUT2D eigenvalue weighted by Crippen LogP contribution is -2.52. The minimum atomic E-state index is -0.937. The molecule has 176 valence electrons. The standard InChI is InChI=1S/C24H27FN8O/c1-23-7-8-24(2,13-23)20(25)16(10-23)32(3)19-12-27-22(30-29-19)15-6-5-14(9-17(15)34)21-28-18(11-26)33(4)31-21/h5-6,9,12,16,20,34H,7-8,10,13H2,1-4H3/t16-,20-,23-,24-/m0/s1. The lowest BCUT2D eigenvalue weighted by molar-refractivity contribution is 0.0380. The second-order valence-electron chi connectivity index (χ2n) is 10.3. The van der Waals surface area contributed by atoms with Crippen LogP contribution in [0.2, 0.25) is 0 Å². The van der Waals surface area contributed by atoms with Crippen LogP contribution in [0.5, 0.6) is 5.75 Å². The van der Waals surface area contributed by atoms with Gasteiger partial charge >= 0.3 is 0 Å². The van der Waals surface area contributed by atoms with Gasteiger partial charge in [-0.3, -0.25) is 0 Å². The first kappa shape index (κ1) is 22.2. The summed E-state index contributed by atoms with van der Waals surface area (Å²) in [4.78, 5) is 10.4. The molecule has 0 spiro atoms. The van der Waals surface area contributed by atoms with Gasteiger partial charge in [0.2, 0.25) is 5.82 Å². The highest BCUT2D eigenvalue weighted by molar-refractivity contribution is 5.70. The van der Waals surface area contributed by atoms with Crippen LogP contribution in [0.15, 0.2) is 24.4 Å². The lowest BCUT2D eigenvalue weighted by atomic mass is 9.67. The Labute approximate surface area is 197 Å². The third-order valence-corrected chi connectivity index (χ3v) is 7.60. The molecular formula is C24H27FN8O. The molecule has 2 bridgehead atoms. The van der Waals surface area contributed by atoms with E-state index in [2.05, 4.69) is 39.1 Å². The fourth-order valence-corrected chi connectivity index (χ4v) is 5.74. The maximum atomic E-state index is 15.5. The molecule has 0 aliphatic heterocycles. The van der Waals surface area contributed by atoms with Crippen molar-refractivity contribution in [3.8, 4) is 34.6 Å². The van der Waals surface area contributed by atoms with Gasteiger partial charge in [0.05, 0.1) is 17.8 Å². The van der Waals surface area contributed by atoms with Crippen LogP contribution < -0.4 is 4.90 Å². The Hall–Kier alpha value is -3.61. The first-order chi connectivity index (χ1) is 16.1. The van der Waals surface area contributed by atoms with Crippen molar-refractivity contribution in [3.63, 3.8) is 0 Å². The van der Waals surface area contributed by atoms with Gasteiger partial charge in [-0.2, -0.15) is 15.3 Å². The number of phenolic OH excluding ortho intramolecular Hbond substituents is 1. The Morgan fingerprint density at radius 1 is 1.24 bits per heavy atom. The predicted octanol–water partition coefficient (Wildman–Crippen LogP) is 3.65. The molecule has 10 heteroatoms. The second kappa shape index (κ2) is 7.72. The number of rotatable bonds is 4. The third kappa shape index (κ3) is 3.56. The summed E-state index contributed by atoms with van der Waals surface area (Å²) >= 11 is 0. The number of nitriles is 1. The van der Waals surface area contributed by atoms with E-state index in [0.717, 1.165) is 25.7 Å². The number of hydrogen-bond donors (Lipinski definition) is 1. The number of nitrogens with zero attached hydrogens (tertiary/aromatic N) is 8. The molecule has 4 atom stereocenters. The summed E-state index contributed by atoms with van der Waals surface area (Å²) < 4.78 is 16.9. The zero-order valence-electron chi connectivity index (χ0n) is 19.7. The summed E-state index contributed by atoms with van der Waals surface area (Å²) in [5, 5.41) is 32.4. The van der Waals surface area contributed by atoms with Crippen LogP contribution in [0, 0.1) is 22.2 Å². The molecule has 1 N–H and O–H groups in total. The van der Waals surface area contributed by atoms with Crippen LogP contribution in [0.25, 0.3) is 22.8 Å². The Morgan fingerprint density at radius 2 is 2.03 bits per heavy atom. The van der Waals surface area contributed by atoms with E-state index in [4.69, 9.17) is 5.26 Å². The number of halogens is 1. The van der Waals surface area contributed by atoms with Gasteiger partial charge in [0.15, 0.2) is 17.5 Å². The number of hydrogen-bond acceptors (Lipinski definition) is 8. The molecule has 0 saturated heterocycles. The van der Waals surface area contributed by atoms with Gasteiger partial charge in [0.25, 0.3) is 0 Å². The van der Waals surface area contributed by atoms with Crippen LogP contribution in [0.4, 0.5) is 10.2 Å². The van der Waals surface area contributed by atoms with E-state index >= 15 is 4.39 Å². The molecule has 1 aromatic carbocycles. The smallest absolute Gasteiger partial charge is 0.231 e. The number of aromatic hydroxyl groups is 1. The van der Waals surface area contributed by atoms with Crippen LogP contribution in [0.1, 0.15) is 45.4 Å². The third-order valence-electron chi connectivity index (χ3n) is 7.60. The number of benzene rings is 1. The van der Waals surface area contributed by atoms with E-state index in [1.165, 1.54) is 10.7 Å². The molecule has 2 saturated carbocycles. The van der Waals surface area contributed by atoms with E-state index in [1.54, 1.807) is 25.4 Å². The molecule has 2 aliphatic rings. The van der Waals surface area contributed by atoms with Crippen LogP contribution in [0.3, 0.4) is 0 Å². The number of aryl methyl sites for hydroxylation is 1. The van der Waals surface area contributed by atoms with Gasteiger partial charge in [0.1, 0.15) is 18.0 Å². The average molecular weight is 463 g/mol. The predicted molar refractivity (Wildman–Crippen MR) is 123 cm³/mol. The van der Waals surface area contributed by atoms with Gasteiger partial charge in [-0.15, -0.1) is 10.2 Å². The van der Waals surface area contributed by atoms with Crippen molar-refractivity contribution in [1.82, 2.24) is 29.9 Å². The monoisotopic (exact) mass is 462 g/mol. The molecular weight excluding hydrogens is 435 g/mol. The number of anilines is 1. The first-order valence-corrected chi connectivity index (χ1v) is 11.3. The number of phenols is 1. The maximum absolute atomic E-state index is 15.5. The topological polar surface area (TPSA) is 117 Å². The molecule has 2 heterocycles. The Balaban J connectivity index is 1.37. The number of aromatic nitrogens is 6. The van der Waals surface area contributed by atoms with E-state index < -0.39 is 6.17 Å². The van der Waals surface area contributed by atoms with Crippen molar-refractivity contribution in [2.75, 3.05) is 11.9 Å². The Kier molecular flexibility index (Phi) is 5.04. The van der Waals surface area contributed by atoms with Gasteiger partial charge in [-0.25, -0.2) is 14.1 Å². The van der Waals surface area contributed by atoms with Crippen molar-refractivity contribution >= 4 is 5.82 Å². The largest absolute Gasteiger partial charge is 0.507 e. The Morgan fingerprint density at radius 3 is 2.68 bits per heavy atom. The zero-order chi connectivity index (χ0) is 24.3. The molecule has 34 heavy (non-hydrogen) atoms. The summed E-state index contributed by atoms with van der Waals surface area (Å²) in [6, 6.07) is 6.57. The molecule has 2 aliphatic carbocycles. The van der Waals surface area contributed by atoms with Gasteiger partial charge in [-0.1, -0.05) is 19.9 Å². The number of alkyl halides is 1. The average Bonchev–Trinajstić information content (AvgIpc) is 3.33. The molecule has 2 fully saturated rings. The summed E-state index contributed by atoms with van der Waals surface area (Å²) in [6.45, 7) is 4.32. The van der Waals surface area contributed by atoms with Gasteiger partial charge in [-0.05, 0) is 43.2 Å². The van der Waals surface area contributed by atoms with Crippen molar-refractivity contribution in [2.24, 2.45) is 17.9 Å². The van der Waals surface area contributed by atoms with Crippen LogP contribution in [-0.4, -0.2) is 54.3 Å². The summed E-state index contributed by atoms with van der Waals surface area (Å²) in [6.07, 6.45) is 4.31. The van der Waals surface area contributed by atoms with Crippen molar-refractivity contribution in [2.45, 2.75) is 51.7 Å². The normalized spacial score (nSPS) is 28.0. The van der Waals surface area contributed by atoms with Crippen LogP contribution in [-0.2, 0) is 7.05 Å². The van der Waals surface area contributed by atoms with Crippen LogP contribution >= 0.6 is 0 Å². The molecule has 0 radical (unpaired) electrons. The zero-order valence-corrected chi connectivity index (χ0v) is 19.7. The van der Waals surface area contributed by atoms with Crippen molar-refractivity contribution in [1.29, 1.82) is 5.26 Å². The molecule has 3 aromatic rings. The lowest BCUT2D eigenvalue weighted by Gasteiger charge is -2.46. The summed E-state index contributed by atoms with van der Waals surface area (Å²) in [5.74, 6) is 1.21. The summed E-state index contributed by atoms with van der Waals surface area (Å²) in [7, 11) is 3.48. The molecule has 9 nitrogen and oxygen atoms in total. The van der Waals surface area contributed by atoms with E-state index in [9.17, 15) is 5.11 Å². The number of fused-ring (bicyclic) bond motifs is 2. The highest BCUT2D eigenvalue weighted by Gasteiger charge is 2.56. The first-order valence-electron chi connectivity index (χ1n) is 11.3. The molecule has 0 unspecified atom stereocenters. The fourth-order valence-electron chi connectivity index (χ4n) is 5.74. The van der Waals surface area contributed by atoms with E-state index in [0.29, 0.717) is 22.8 Å². The van der Waals surface area contributed by atoms with Gasteiger partial charge < -0.3 is 10.0 Å². The minimum absolute atomic E-state index is 0.0557. The van der Waals surface area contributed by atoms with Gasteiger partial charge in [0, 0.05) is 25.1 Å². The molecule has 0 amide bonds. The SMILES string of the molecule is CN(c1cnc(-c2ccc(-c3nc(C#N)n(C)n3)cc2O)nn1)[C@H]1C[C@]2(C)CC[C@@](C)(C2)[C@H]1F. The maximum Gasteiger partial charge on any atom is 0.231 e.